The van der Waals surface area contributed by atoms with E-state index in [4.69, 9.17) is 29.0 Å². The first-order valence-corrected chi connectivity index (χ1v) is 6.85. The van der Waals surface area contributed by atoms with E-state index in [0.29, 0.717) is 0 Å². The summed E-state index contributed by atoms with van der Waals surface area (Å²) in [5, 5.41) is 0. The van der Waals surface area contributed by atoms with Crippen LogP contribution in [0.1, 0.15) is 0 Å². The highest BCUT2D eigenvalue weighted by atomic mass is 17.2. The van der Waals surface area contributed by atoms with Crippen LogP contribution in [0.2, 0.25) is 0 Å². The lowest BCUT2D eigenvalue weighted by Crippen LogP contribution is -2.13. The van der Waals surface area contributed by atoms with Crippen LogP contribution in [0, 0.1) is 0 Å². The highest BCUT2D eigenvalue weighted by Gasteiger charge is 1.97. The fraction of sp³-hybridized carbons (Fsp3) is 0.571. The van der Waals surface area contributed by atoms with E-state index in [2.05, 4.69) is 17.9 Å². The predicted molar refractivity (Wildman–Crippen MR) is 76.9 cm³/mol. The van der Waals surface area contributed by atoms with Gasteiger partial charge in [-0.3, -0.25) is 0 Å². The number of hydrogen-bond donors (Lipinski definition) is 0. The average molecular weight is 334 g/mol. The molecule has 0 saturated heterocycles. The Morgan fingerprint density at radius 2 is 0.957 bits per heavy atom. The zero-order valence-electron chi connectivity index (χ0n) is 12.9. The van der Waals surface area contributed by atoms with Crippen LogP contribution in [0.5, 0.6) is 0 Å². The third-order valence-electron chi connectivity index (χ3n) is 1.94. The molecule has 0 aromatic rings. The Hall–Kier alpha value is -1.78. The van der Waals surface area contributed by atoms with Crippen molar-refractivity contribution in [3.05, 3.63) is 25.3 Å². The van der Waals surface area contributed by atoms with Crippen LogP contribution in [0.15, 0.2) is 25.3 Å². The second kappa shape index (κ2) is 16.6. The lowest BCUT2D eigenvalue weighted by Gasteiger charge is -2.06. The SMILES string of the molecule is C=CC(=O)OCCOCCOOCCOOCCOC(=O)C=C. The molecular formula is C14H22O9. The average Bonchev–Trinajstić information content (AvgIpc) is 2.57. The van der Waals surface area contributed by atoms with Crippen molar-refractivity contribution in [3.8, 4) is 0 Å². The van der Waals surface area contributed by atoms with E-state index in [0.717, 1.165) is 12.2 Å². The minimum Gasteiger partial charge on any atom is -0.460 e. The normalized spacial score (nSPS) is 10.1. The zero-order valence-corrected chi connectivity index (χ0v) is 12.9. The molecule has 0 saturated carbocycles. The molecule has 0 unspecified atom stereocenters. The lowest BCUT2D eigenvalue weighted by atomic mass is 10.6. The van der Waals surface area contributed by atoms with Crippen molar-refractivity contribution >= 4 is 11.9 Å². The Labute approximate surface area is 134 Å². The first-order chi connectivity index (χ1) is 11.2. The van der Waals surface area contributed by atoms with E-state index < -0.39 is 11.9 Å². The Balaban J connectivity index is 3.08. The van der Waals surface area contributed by atoms with Gasteiger partial charge in [-0.2, -0.15) is 0 Å². The molecule has 0 bridgehead atoms. The summed E-state index contributed by atoms with van der Waals surface area (Å²) in [7, 11) is 0. The molecule has 0 aliphatic rings. The molecule has 0 radical (unpaired) electrons. The first-order valence-electron chi connectivity index (χ1n) is 6.85. The van der Waals surface area contributed by atoms with Crippen LogP contribution < -0.4 is 0 Å². The Kier molecular flexibility index (Phi) is 15.3. The van der Waals surface area contributed by atoms with E-state index in [9.17, 15) is 9.59 Å². The summed E-state index contributed by atoms with van der Waals surface area (Å²) in [5.74, 6) is -1.01. The van der Waals surface area contributed by atoms with Gasteiger partial charge in [0.05, 0.1) is 13.2 Å². The van der Waals surface area contributed by atoms with E-state index in [1.807, 2.05) is 0 Å². The van der Waals surface area contributed by atoms with E-state index >= 15 is 0 Å². The standard InChI is InChI=1S/C14H22O9/c1-3-13(15)18-7-5-17-6-9-20-22-11-12-23-21-10-8-19-14(16)4-2/h3-4H,1-2,5-12H2. The molecule has 0 fully saturated rings. The first kappa shape index (κ1) is 21.2. The quantitative estimate of drug-likeness (QED) is 0.130. The van der Waals surface area contributed by atoms with Gasteiger partial charge in [-0.1, -0.05) is 13.2 Å². The number of rotatable bonds is 16. The maximum Gasteiger partial charge on any atom is 0.330 e. The smallest absolute Gasteiger partial charge is 0.330 e. The summed E-state index contributed by atoms with van der Waals surface area (Å²) < 4.78 is 14.4. The van der Waals surface area contributed by atoms with Gasteiger partial charge in [0.25, 0.3) is 0 Å². The second-order valence-electron chi connectivity index (χ2n) is 3.64. The number of ether oxygens (including phenoxy) is 3. The van der Waals surface area contributed by atoms with Gasteiger partial charge in [-0.05, 0) is 0 Å². The van der Waals surface area contributed by atoms with Crippen LogP contribution in [-0.2, 0) is 43.3 Å². The van der Waals surface area contributed by atoms with Crippen molar-refractivity contribution in [1.82, 2.24) is 0 Å². The molecule has 0 spiro atoms. The minimum atomic E-state index is -0.522. The molecule has 0 aliphatic carbocycles. The van der Waals surface area contributed by atoms with Gasteiger partial charge in [0.1, 0.15) is 39.6 Å². The van der Waals surface area contributed by atoms with Crippen molar-refractivity contribution in [2.24, 2.45) is 0 Å². The van der Waals surface area contributed by atoms with E-state index in [-0.39, 0.29) is 52.9 Å². The molecular weight excluding hydrogens is 312 g/mol. The summed E-state index contributed by atoms with van der Waals surface area (Å²) >= 11 is 0. The van der Waals surface area contributed by atoms with Gasteiger partial charge in [0, 0.05) is 12.2 Å². The van der Waals surface area contributed by atoms with Gasteiger partial charge in [0.2, 0.25) is 0 Å². The predicted octanol–water partition coefficient (Wildman–Crippen LogP) is 0.358. The van der Waals surface area contributed by atoms with Crippen molar-refractivity contribution in [3.63, 3.8) is 0 Å². The fourth-order valence-electron chi connectivity index (χ4n) is 0.994. The third kappa shape index (κ3) is 16.4. The zero-order chi connectivity index (χ0) is 17.2. The van der Waals surface area contributed by atoms with Crippen LogP contribution in [0.4, 0.5) is 0 Å². The summed E-state index contributed by atoms with van der Waals surface area (Å²) in [6, 6.07) is 0. The Morgan fingerprint density at radius 3 is 1.43 bits per heavy atom. The molecule has 132 valence electrons. The van der Waals surface area contributed by atoms with Crippen LogP contribution in [0.3, 0.4) is 0 Å². The van der Waals surface area contributed by atoms with E-state index in [1.54, 1.807) is 0 Å². The monoisotopic (exact) mass is 334 g/mol. The molecule has 9 heteroatoms. The van der Waals surface area contributed by atoms with Gasteiger partial charge < -0.3 is 14.2 Å². The van der Waals surface area contributed by atoms with Crippen LogP contribution in [-0.4, -0.2) is 64.8 Å². The topological polar surface area (TPSA) is 98.8 Å². The van der Waals surface area contributed by atoms with Crippen LogP contribution >= 0.6 is 0 Å². The number of carbonyl (C=O) groups is 2. The third-order valence-corrected chi connectivity index (χ3v) is 1.94. The molecule has 0 heterocycles. The number of esters is 2. The van der Waals surface area contributed by atoms with Crippen molar-refractivity contribution < 1.29 is 43.3 Å². The molecule has 9 nitrogen and oxygen atoms in total. The van der Waals surface area contributed by atoms with Gasteiger partial charge >= 0.3 is 11.9 Å². The summed E-state index contributed by atoms with van der Waals surface area (Å²) in [5.41, 5.74) is 0. The highest BCUT2D eigenvalue weighted by Crippen LogP contribution is 1.86. The fourth-order valence-corrected chi connectivity index (χ4v) is 0.994. The van der Waals surface area contributed by atoms with Crippen molar-refractivity contribution in [1.29, 1.82) is 0 Å². The summed E-state index contributed by atoms with van der Waals surface area (Å²) in [6.45, 7) is 7.90. The molecule has 0 aliphatic heterocycles. The minimum absolute atomic E-state index is 0.0711. The summed E-state index contributed by atoms with van der Waals surface area (Å²) in [4.78, 5) is 40.4. The van der Waals surface area contributed by atoms with Gasteiger partial charge in [0.15, 0.2) is 0 Å². The van der Waals surface area contributed by atoms with Gasteiger partial charge in [-0.25, -0.2) is 29.1 Å². The molecule has 0 N–H and O–H groups in total. The summed E-state index contributed by atoms with van der Waals surface area (Å²) in [6.07, 6.45) is 2.14. The molecule has 0 amide bonds. The second-order valence-corrected chi connectivity index (χ2v) is 3.64. The molecule has 0 rings (SSSR count). The lowest BCUT2D eigenvalue weighted by molar-refractivity contribution is -0.343. The van der Waals surface area contributed by atoms with Crippen molar-refractivity contribution in [2.75, 3.05) is 52.9 Å². The maximum atomic E-state index is 10.7. The Bertz CT molecular complexity index is 311. The number of carbonyl (C=O) groups excluding carboxylic acids is 2. The molecule has 0 aromatic heterocycles. The largest absolute Gasteiger partial charge is 0.460 e. The maximum absolute atomic E-state index is 10.7. The Morgan fingerprint density at radius 1 is 0.609 bits per heavy atom. The molecule has 0 aromatic carbocycles. The van der Waals surface area contributed by atoms with Crippen molar-refractivity contribution in [2.45, 2.75) is 0 Å². The van der Waals surface area contributed by atoms with Gasteiger partial charge in [-0.15, -0.1) is 0 Å². The molecule has 23 heavy (non-hydrogen) atoms. The van der Waals surface area contributed by atoms with E-state index in [1.165, 1.54) is 0 Å². The van der Waals surface area contributed by atoms with Crippen LogP contribution in [0.25, 0.3) is 0 Å². The number of hydrogen-bond acceptors (Lipinski definition) is 9. The molecule has 0 atom stereocenters. The highest BCUT2D eigenvalue weighted by molar-refractivity contribution is 5.81.